The van der Waals surface area contributed by atoms with Gasteiger partial charge in [-0.2, -0.15) is 5.10 Å². The van der Waals surface area contributed by atoms with Gasteiger partial charge in [0.05, 0.1) is 23.4 Å². The summed E-state index contributed by atoms with van der Waals surface area (Å²) in [6.07, 6.45) is 5.48. The number of carbonyl (C=O) groups is 4. The zero-order valence-electron chi connectivity index (χ0n) is 17.3. The molecule has 166 valence electrons. The first-order valence-corrected chi connectivity index (χ1v) is 10.7. The summed E-state index contributed by atoms with van der Waals surface area (Å²) in [6, 6.07) is 3.96. The average molecular weight is 437 g/mol. The second-order valence-electron chi connectivity index (χ2n) is 8.28. The van der Waals surface area contributed by atoms with Crippen LogP contribution >= 0.6 is 0 Å². The lowest BCUT2D eigenvalue weighted by Gasteiger charge is -2.31. The zero-order chi connectivity index (χ0) is 22.2. The smallest absolute Gasteiger partial charge is 0.264 e. The van der Waals surface area contributed by atoms with Crippen molar-refractivity contribution in [1.29, 1.82) is 0 Å². The van der Waals surface area contributed by atoms with Crippen molar-refractivity contribution in [2.45, 2.75) is 37.8 Å². The Morgan fingerprint density at radius 1 is 1.09 bits per heavy atom. The molecule has 5 rings (SSSR count). The van der Waals surface area contributed by atoms with Gasteiger partial charge in [0.2, 0.25) is 11.8 Å². The molecule has 3 N–H and O–H groups in total. The molecule has 1 aromatic carbocycles. The number of H-pyrrole nitrogens is 1. The van der Waals surface area contributed by atoms with Crippen LogP contribution in [0.25, 0.3) is 0 Å². The summed E-state index contributed by atoms with van der Waals surface area (Å²) < 4.78 is 5.50. The molecule has 2 saturated heterocycles. The summed E-state index contributed by atoms with van der Waals surface area (Å²) in [5.74, 6) is -1.81. The Morgan fingerprint density at radius 2 is 1.91 bits per heavy atom. The highest BCUT2D eigenvalue weighted by Gasteiger charge is 2.46. The molecule has 4 amide bonds. The van der Waals surface area contributed by atoms with E-state index in [0.717, 1.165) is 23.3 Å². The summed E-state index contributed by atoms with van der Waals surface area (Å²) in [5.41, 5.74) is 1.99. The number of aromatic nitrogens is 2. The molecule has 2 aromatic rings. The van der Waals surface area contributed by atoms with E-state index in [1.165, 1.54) is 0 Å². The van der Waals surface area contributed by atoms with E-state index in [0.29, 0.717) is 18.9 Å². The monoisotopic (exact) mass is 437 g/mol. The number of rotatable bonds is 5. The molecule has 2 unspecified atom stereocenters. The van der Waals surface area contributed by atoms with E-state index in [1.807, 2.05) is 6.20 Å². The van der Waals surface area contributed by atoms with E-state index in [4.69, 9.17) is 4.74 Å². The van der Waals surface area contributed by atoms with Crippen molar-refractivity contribution >= 4 is 29.3 Å². The summed E-state index contributed by atoms with van der Waals surface area (Å²) >= 11 is 0. The van der Waals surface area contributed by atoms with E-state index in [2.05, 4.69) is 20.8 Å². The number of aromatic amines is 1. The predicted octanol–water partition coefficient (Wildman–Crippen LogP) is 1.39. The lowest BCUT2D eigenvalue weighted by molar-refractivity contribution is -0.136. The molecule has 0 bridgehead atoms. The van der Waals surface area contributed by atoms with Crippen molar-refractivity contribution in [3.05, 3.63) is 47.3 Å². The number of carbonyl (C=O) groups excluding carboxylic acids is 4. The molecule has 10 nitrogen and oxygen atoms in total. The lowest BCUT2D eigenvalue weighted by atomic mass is 9.88. The second-order valence-corrected chi connectivity index (χ2v) is 8.28. The average Bonchev–Trinajstić information content (AvgIpc) is 3.41. The molecule has 2 atom stereocenters. The number of fused-ring (bicyclic) bond motifs is 1. The minimum absolute atomic E-state index is 0.0846. The van der Waals surface area contributed by atoms with Gasteiger partial charge in [-0.1, -0.05) is 6.07 Å². The van der Waals surface area contributed by atoms with E-state index in [-0.39, 0.29) is 35.9 Å². The van der Waals surface area contributed by atoms with Gasteiger partial charge in [0.25, 0.3) is 11.8 Å². The van der Waals surface area contributed by atoms with Gasteiger partial charge in [0.1, 0.15) is 6.04 Å². The van der Waals surface area contributed by atoms with Crippen LogP contribution in [0.5, 0.6) is 0 Å². The molecule has 3 aliphatic heterocycles. The van der Waals surface area contributed by atoms with Crippen molar-refractivity contribution in [1.82, 2.24) is 20.4 Å². The van der Waals surface area contributed by atoms with Crippen LogP contribution in [0, 0.1) is 5.92 Å². The van der Waals surface area contributed by atoms with Crippen LogP contribution in [0.2, 0.25) is 0 Å². The number of hydrogen-bond acceptors (Lipinski definition) is 7. The van der Waals surface area contributed by atoms with Crippen LogP contribution < -0.4 is 10.6 Å². The number of piperidine rings is 1. The van der Waals surface area contributed by atoms with Crippen LogP contribution in [0.15, 0.2) is 30.6 Å². The van der Waals surface area contributed by atoms with Gasteiger partial charge in [-0.25, -0.2) is 0 Å². The number of nitrogens with one attached hydrogen (secondary N) is 3. The summed E-state index contributed by atoms with van der Waals surface area (Å²) in [6.45, 7) is 1.32. The SMILES string of the molecule is O=C1CCC(N2C(=O)c3cccc(NC(c4cn[nH]c4)C4CCOCC4)c3C2=O)C(=O)N1. The molecule has 10 heteroatoms. The quantitative estimate of drug-likeness (QED) is 0.602. The fraction of sp³-hybridized carbons (Fsp3) is 0.409. The molecular formula is C22H23N5O5. The highest BCUT2D eigenvalue weighted by Crippen LogP contribution is 2.37. The standard InChI is InChI=1S/C22H23N5O5/c28-17-5-4-16(20(29)26-17)27-21(30)14-2-1-3-15(18(14)22(27)31)25-19(13-10-23-24-11-13)12-6-8-32-9-7-12/h1-3,10-12,16,19,25H,4-9H2,(H,23,24)(H,26,28,29). The van der Waals surface area contributed by atoms with Gasteiger partial charge in [-0.05, 0) is 37.3 Å². The fourth-order valence-corrected chi connectivity index (χ4v) is 4.76. The maximum Gasteiger partial charge on any atom is 0.264 e. The third-order valence-corrected chi connectivity index (χ3v) is 6.39. The van der Waals surface area contributed by atoms with Gasteiger partial charge >= 0.3 is 0 Å². The van der Waals surface area contributed by atoms with Crippen molar-refractivity contribution in [3.8, 4) is 0 Å². The van der Waals surface area contributed by atoms with Crippen LogP contribution in [-0.2, 0) is 14.3 Å². The Labute approximate surface area is 183 Å². The van der Waals surface area contributed by atoms with Gasteiger partial charge < -0.3 is 10.1 Å². The summed E-state index contributed by atoms with van der Waals surface area (Å²) in [5, 5.41) is 12.6. The molecule has 0 aliphatic carbocycles. The van der Waals surface area contributed by atoms with Crippen molar-refractivity contribution in [2.24, 2.45) is 5.92 Å². The van der Waals surface area contributed by atoms with Crippen LogP contribution in [0.3, 0.4) is 0 Å². The van der Waals surface area contributed by atoms with Gasteiger partial charge in [-0.3, -0.25) is 34.5 Å². The van der Waals surface area contributed by atoms with Crippen molar-refractivity contribution in [3.63, 3.8) is 0 Å². The summed E-state index contributed by atoms with van der Waals surface area (Å²) in [7, 11) is 0. The van der Waals surface area contributed by atoms with Crippen molar-refractivity contribution in [2.75, 3.05) is 18.5 Å². The first kappa shape index (κ1) is 20.4. The molecule has 2 fully saturated rings. The van der Waals surface area contributed by atoms with Crippen LogP contribution in [-0.4, -0.2) is 58.0 Å². The first-order chi connectivity index (χ1) is 15.5. The Hall–Kier alpha value is -3.53. The van der Waals surface area contributed by atoms with Crippen LogP contribution in [0.4, 0.5) is 5.69 Å². The van der Waals surface area contributed by atoms with Gasteiger partial charge in [-0.15, -0.1) is 0 Å². The van der Waals surface area contributed by atoms with Gasteiger partial charge in [0.15, 0.2) is 0 Å². The lowest BCUT2D eigenvalue weighted by Crippen LogP contribution is -2.54. The third kappa shape index (κ3) is 3.46. The Morgan fingerprint density at radius 3 is 2.62 bits per heavy atom. The molecule has 4 heterocycles. The highest BCUT2D eigenvalue weighted by molar-refractivity contribution is 6.25. The van der Waals surface area contributed by atoms with E-state index in [9.17, 15) is 19.2 Å². The highest BCUT2D eigenvalue weighted by atomic mass is 16.5. The molecule has 3 aliphatic rings. The molecule has 1 aromatic heterocycles. The normalized spacial score (nSPS) is 22.6. The number of hydrogen-bond donors (Lipinski definition) is 3. The first-order valence-electron chi connectivity index (χ1n) is 10.7. The zero-order valence-corrected chi connectivity index (χ0v) is 17.3. The Bertz CT molecular complexity index is 1080. The molecule has 0 saturated carbocycles. The van der Waals surface area contributed by atoms with E-state index >= 15 is 0 Å². The fourth-order valence-electron chi connectivity index (χ4n) is 4.76. The largest absolute Gasteiger partial charge is 0.381 e. The number of nitrogens with zero attached hydrogens (tertiary/aromatic N) is 2. The second kappa shape index (κ2) is 8.19. The number of benzene rings is 1. The van der Waals surface area contributed by atoms with E-state index in [1.54, 1.807) is 24.4 Å². The predicted molar refractivity (Wildman–Crippen MR) is 112 cm³/mol. The number of ether oxygens (including phenoxy) is 1. The topological polar surface area (TPSA) is 133 Å². The Kier molecular flexibility index (Phi) is 5.22. The maximum absolute atomic E-state index is 13.4. The molecule has 0 radical (unpaired) electrons. The van der Waals surface area contributed by atoms with Gasteiger partial charge in [0, 0.05) is 37.1 Å². The molecule has 0 spiro atoms. The summed E-state index contributed by atoms with van der Waals surface area (Å²) in [4.78, 5) is 51.3. The van der Waals surface area contributed by atoms with Crippen molar-refractivity contribution < 1.29 is 23.9 Å². The van der Waals surface area contributed by atoms with E-state index < -0.39 is 29.7 Å². The maximum atomic E-state index is 13.4. The minimum atomic E-state index is -0.992. The molecular weight excluding hydrogens is 414 g/mol. The third-order valence-electron chi connectivity index (χ3n) is 6.39. The number of anilines is 1. The van der Waals surface area contributed by atoms with Crippen LogP contribution in [0.1, 0.15) is 58.0 Å². The Balaban J connectivity index is 1.47. The minimum Gasteiger partial charge on any atom is -0.381 e. The number of imide groups is 2. The number of amides is 4. The molecule has 32 heavy (non-hydrogen) atoms.